The molecule has 2 rings (SSSR count). The zero-order chi connectivity index (χ0) is 12.4. The molecule has 0 saturated carbocycles. The van der Waals surface area contributed by atoms with Crippen molar-refractivity contribution >= 4 is 49.9 Å². The number of aromatic nitrogens is 1. The number of anilines is 1. The molecule has 1 aromatic heterocycles. The number of hydrogen-bond acceptors (Lipinski definition) is 3. The van der Waals surface area contributed by atoms with Gasteiger partial charge in [-0.3, -0.25) is 10.1 Å². The Bertz CT molecular complexity index is 570. The summed E-state index contributed by atoms with van der Waals surface area (Å²) in [6, 6.07) is 5.05. The summed E-state index contributed by atoms with van der Waals surface area (Å²) in [7, 11) is 0. The maximum Gasteiger partial charge on any atom is 0.257 e. The average Bonchev–Trinajstić information content (AvgIpc) is 2.68. The Morgan fingerprint density at radius 1 is 1.53 bits per heavy atom. The molecule has 3 nitrogen and oxygen atoms in total. The normalized spacial score (nSPS) is 10.3. The molecule has 1 heterocycles. The third kappa shape index (κ3) is 3.06. The predicted octanol–water partition coefficient (Wildman–Crippen LogP) is 4.12. The maximum atomic E-state index is 11.9. The molecule has 0 aliphatic heterocycles. The fourth-order valence-electron chi connectivity index (χ4n) is 1.22. The number of amides is 1. The van der Waals surface area contributed by atoms with Crippen LogP contribution >= 0.6 is 38.9 Å². The van der Waals surface area contributed by atoms with Crippen LogP contribution in [0.2, 0.25) is 5.02 Å². The molecule has 6 heteroatoms. The van der Waals surface area contributed by atoms with Crippen LogP contribution in [0.5, 0.6) is 0 Å². The SMILES string of the molecule is Cc1cnc(NC(=O)c2ccc(Br)c(Cl)c2)s1. The Balaban J connectivity index is 2.17. The molecule has 0 radical (unpaired) electrons. The minimum absolute atomic E-state index is 0.214. The monoisotopic (exact) mass is 330 g/mol. The van der Waals surface area contributed by atoms with E-state index in [0.29, 0.717) is 15.7 Å². The summed E-state index contributed by atoms with van der Waals surface area (Å²) < 4.78 is 0.765. The van der Waals surface area contributed by atoms with E-state index in [0.717, 1.165) is 9.35 Å². The van der Waals surface area contributed by atoms with Crippen molar-refractivity contribution in [2.75, 3.05) is 5.32 Å². The fourth-order valence-corrected chi connectivity index (χ4v) is 2.31. The molecular weight excluding hydrogens is 324 g/mol. The van der Waals surface area contributed by atoms with E-state index in [1.54, 1.807) is 24.4 Å². The quantitative estimate of drug-likeness (QED) is 0.899. The van der Waals surface area contributed by atoms with Crippen LogP contribution in [-0.2, 0) is 0 Å². The number of hydrogen-bond donors (Lipinski definition) is 1. The highest BCUT2D eigenvalue weighted by Crippen LogP contribution is 2.24. The van der Waals surface area contributed by atoms with Crippen molar-refractivity contribution in [3.63, 3.8) is 0 Å². The summed E-state index contributed by atoms with van der Waals surface area (Å²) in [4.78, 5) is 17.0. The van der Waals surface area contributed by atoms with Crippen LogP contribution < -0.4 is 5.32 Å². The number of thiazole rings is 1. The van der Waals surface area contributed by atoms with Gasteiger partial charge in [0, 0.05) is 21.1 Å². The zero-order valence-electron chi connectivity index (χ0n) is 8.83. The van der Waals surface area contributed by atoms with Crippen molar-refractivity contribution in [1.29, 1.82) is 0 Å². The second-order valence-corrected chi connectivity index (χ2v) is 5.86. The largest absolute Gasteiger partial charge is 0.298 e. The van der Waals surface area contributed by atoms with Gasteiger partial charge >= 0.3 is 0 Å². The van der Waals surface area contributed by atoms with Crippen molar-refractivity contribution in [1.82, 2.24) is 4.98 Å². The molecule has 1 N–H and O–H groups in total. The average molecular weight is 332 g/mol. The minimum atomic E-state index is -0.214. The Hall–Kier alpha value is -0.910. The second kappa shape index (κ2) is 5.16. The molecule has 0 fully saturated rings. The number of halogens is 2. The van der Waals surface area contributed by atoms with E-state index in [9.17, 15) is 4.79 Å². The van der Waals surface area contributed by atoms with Gasteiger partial charge < -0.3 is 0 Å². The number of aryl methyl sites for hydroxylation is 1. The Morgan fingerprint density at radius 2 is 2.29 bits per heavy atom. The number of nitrogens with one attached hydrogen (secondary N) is 1. The summed E-state index contributed by atoms with van der Waals surface area (Å²) in [6.07, 6.45) is 1.72. The fraction of sp³-hybridized carbons (Fsp3) is 0.0909. The van der Waals surface area contributed by atoms with Gasteiger partial charge in [0.1, 0.15) is 0 Å². The number of carbonyl (C=O) groups is 1. The highest BCUT2D eigenvalue weighted by Gasteiger charge is 2.09. The van der Waals surface area contributed by atoms with Crippen LogP contribution in [0.25, 0.3) is 0 Å². The molecule has 0 atom stereocenters. The van der Waals surface area contributed by atoms with Gasteiger partial charge in [-0.2, -0.15) is 0 Å². The first kappa shape index (κ1) is 12.5. The van der Waals surface area contributed by atoms with Crippen LogP contribution in [0.1, 0.15) is 15.2 Å². The molecule has 0 spiro atoms. The van der Waals surface area contributed by atoms with Crippen LogP contribution in [0.3, 0.4) is 0 Å². The maximum absolute atomic E-state index is 11.9. The van der Waals surface area contributed by atoms with E-state index < -0.39 is 0 Å². The van der Waals surface area contributed by atoms with Gasteiger partial charge in [-0.15, -0.1) is 11.3 Å². The molecular formula is C11H8BrClN2OS. The van der Waals surface area contributed by atoms with Gasteiger partial charge in [0.2, 0.25) is 0 Å². The van der Waals surface area contributed by atoms with E-state index in [1.807, 2.05) is 6.92 Å². The number of rotatable bonds is 2. The van der Waals surface area contributed by atoms with E-state index in [4.69, 9.17) is 11.6 Å². The first-order valence-corrected chi connectivity index (χ1v) is 6.74. The van der Waals surface area contributed by atoms with Gasteiger partial charge in [0.15, 0.2) is 5.13 Å². The van der Waals surface area contributed by atoms with E-state index in [-0.39, 0.29) is 5.91 Å². The zero-order valence-corrected chi connectivity index (χ0v) is 12.0. The highest BCUT2D eigenvalue weighted by molar-refractivity contribution is 9.10. The van der Waals surface area contributed by atoms with Crippen molar-refractivity contribution in [3.05, 3.63) is 44.3 Å². The van der Waals surface area contributed by atoms with Crippen molar-refractivity contribution < 1.29 is 4.79 Å². The summed E-state index contributed by atoms with van der Waals surface area (Å²) in [5, 5.41) is 3.82. The lowest BCUT2D eigenvalue weighted by molar-refractivity contribution is 0.102. The van der Waals surface area contributed by atoms with Crippen molar-refractivity contribution in [2.45, 2.75) is 6.92 Å². The van der Waals surface area contributed by atoms with E-state index in [2.05, 4.69) is 26.2 Å². The van der Waals surface area contributed by atoms with E-state index in [1.165, 1.54) is 11.3 Å². The lowest BCUT2D eigenvalue weighted by Crippen LogP contribution is -2.11. The first-order valence-electron chi connectivity index (χ1n) is 4.75. The van der Waals surface area contributed by atoms with Crippen molar-refractivity contribution in [2.24, 2.45) is 0 Å². The van der Waals surface area contributed by atoms with Gasteiger partial charge in [-0.05, 0) is 41.1 Å². The summed E-state index contributed by atoms with van der Waals surface area (Å²) in [5.74, 6) is -0.214. The molecule has 1 amide bonds. The molecule has 17 heavy (non-hydrogen) atoms. The Morgan fingerprint density at radius 3 is 2.88 bits per heavy atom. The van der Waals surface area contributed by atoms with Gasteiger partial charge in [0.05, 0.1) is 5.02 Å². The standard InChI is InChI=1S/C11H8BrClN2OS/c1-6-5-14-11(17-6)15-10(16)7-2-3-8(12)9(13)4-7/h2-5H,1H3,(H,14,15,16). The topological polar surface area (TPSA) is 42.0 Å². The molecule has 0 bridgehead atoms. The molecule has 88 valence electrons. The molecule has 0 aliphatic rings. The second-order valence-electron chi connectivity index (χ2n) is 3.36. The van der Waals surface area contributed by atoms with Crippen LogP contribution in [0.4, 0.5) is 5.13 Å². The smallest absolute Gasteiger partial charge is 0.257 e. The third-order valence-electron chi connectivity index (χ3n) is 2.02. The lowest BCUT2D eigenvalue weighted by Gasteiger charge is -2.03. The van der Waals surface area contributed by atoms with Crippen LogP contribution in [0.15, 0.2) is 28.9 Å². The summed E-state index contributed by atoms with van der Waals surface area (Å²) in [6.45, 7) is 1.93. The molecule has 0 saturated heterocycles. The molecule has 0 aliphatic carbocycles. The Kier molecular flexibility index (Phi) is 3.81. The highest BCUT2D eigenvalue weighted by atomic mass is 79.9. The first-order chi connectivity index (χ1) is 8.06. The van der Waals surface area contributed by atoms with Gasteiger partial charge in [0.25, 0.3) is 5.91 Å². The summed E-state index contributed by atoms with van der Waals surface area (Å²) >= 11 is 10.6. The van der Waals surface area contributed by atoms with E-state index >= 15 is 0 Å². The van der Waals surface area contributed by atoms with Crippen LogP contribution in [0, 0.1) is 6.92 Å². The number of carbonyl (C=O) groups excluding carboxylic acids is 1. The minimum Gasteiger partial charge on any atom is -0.298 e. The number of nitrogens with zero attached hydrogens (tertiary/aromatic N) is 1. The van der Waals surface area contributed by atoms with Crippen LogP contribution in [-0.4, -0.2) is 10.9 Å². The predicted molar refractivity (Wildman–Crippen MR) is 74.0 cm³/mol. The molecule has 1 aromatic carbocycles. The van der Waals surface area contributed by atoms with Crippen molar-refractivity contribution in [3.8, 4) is 0 Å². The van der Waals surface area contributed by atoms with Gasteiger partial charge in [-0.25, -0.2) is 4.98 Å². The summed E-state index contributed by atoms with van der Waals surface area (Å²) in [5.41, 5.74) is 0.506. The molecule has 0 unspecified atom stereocenters. The third-order valence-corrected chi connectivity index (χ3v) is 4.08. The lowest BCUT2D eigenvalue weighted by atomic mass is 10.2. The van der Waals surface area contributed by atoms with Gasteiger partial charge in [-0.1, -0.05) is 11.6 Å². The Labute approximate surface area is 116 Å². The number of benzene rings is 1. The molecule has 2 aromatic rings.